The van der Waals surface area contributed by atoms with Gasteiger partial charge in [-0.1, -0.05) is 29.8 Å². The van der Waals surface area contributed by atoms with Crippen LogP contribution in [0.2, 0.25) is 0 Å². The molecule has 0 unspecified atom stereocenters. The van der Waals surface area contributed by atoms with Crippen molar-refractivity contribution >= 4 is 17.4 Å². The van der Waals surface area contributed by atoms with Crippen LogP contribution in [0, 0.1) is 6.92 Å². The summed E-state index contributed by atoms with van der Waals surface area (Å²) in [5.41, 5.74) is 3.63. The van der Waals surface area contributed by atoms with Gasteiger partial charge in [0.15, 0.2) is 0 Å². The molecule has 2 N–H and O–H groups in total. The van der Waals surface area contributed by atoms with E-state index in [2.05, 4.69) is 40.7 Å². The lowest BCUT2D eigenvalue weighted by Crippen LogP contribution is -2.12. The predicted molar refractivity (Wildman–Crippen MR) is 108 cm³/mol. The molecule has 3 aromatic rings. The fourth-order valence-electron chi connectivity index (χ4n) is 2.65. The van der Waals surface area contributed by atoms with E-state index in [9.17, 15) is 4.79 Å². The quantitative estimate of drug-likeness (QED) is 0.643. The number of carbonyl (C=O) groups is 1. The van der Waals surface area contributed by atoms with Crippen LogP contribution in [0.25, 0.3) is 0 Å². The average molecular weight is 361 g/mol. The molecule has 0 saturated heterocycles. The molecule has 0 fully saturated rings. The SMILES string of the molecule is CCOc1ccc(NC(=O)c2ccc(NCc3cccc(C)c3)nc2)cc1. The Bertz CT molecular complexity index is 890. The minimum Gasteiger partial charge on any atom is -0.494 e. The van der Waals surface area contributed by atoms with Crippen LogP contribution in [-0.2, 0) is 6.54 Å². The van der Waals surface area contributed by atoms with Crippen molar-refractivity contribution < 1.29 is 9.53 Å². The molecule has 0 atom stereocenters. The standard InChI is InChI=1S/C22H23N3O2/c1-3-27-20-10-8-19(9-11-20)25-22(26)18-7-12-21(24-15-18)23-14-17-6-4-5-16(2)13-17/h4-13,15H,3,14H2,1-2H3,(H,23,24)(H,25,26). The second-order valence-electron chi connectivity index (χ2n) is 6.19. The molecule has 1 aromatic heterocycles. The maximum absolute atomic E-state index is 12.4. The lowest BCUT2D eigenvalue weighted by atomic mass is 10.1. The third-order valence-electron chi connectivity index (χ3n) is 4.00. The number of aromatic nitrogens is 1. The molecule has 1 heterocycles. The largest absolute Gasteiger partial charge is 0.494 e. The Balaban J connectivity index is 1.56. The highest BCUT2D eigenvalue weighted by Crippen LogP contribution is 2.17. The molecule has 1 amide bonds. The topological polar surface area (TPSA) is 63.2 Å². The summed E-state index contributed by atoms with van der Waals surface area (Å²) in [6.07, 6.45) is 1.57. The van der Waals surface area contributed by atoms with Crippen molar-refractivity contribution in [1.29, 1.82) is 0 Å². The summed E-state index contributed by atoms with van der Waals surface area (Å²) >= 11 is 0. The molecule has 3 rings (SSSR count). The molecule has 0 aliphatic heterocycles. The van der Waals surface area contributed by atoms with Crippen LogP contribution in [-0.4, -0.2) is 17.5 Å². The van der Waals surface area contributed by atoms with Crippen molar-refractivity contribution in [2.75, 3.05) is 17.2 Å². The normalized spacial score (nSPS) is 10.3. The Morgan fingerprint density at radius 1 is 1.07 bits per heavy atom. The number of anilines is 2. The van der Waals surface area contributed by atoms with Crippen LogP contribution in [0.3, 0.4) is 0 Å². The Kier molecular flexibility index (Phi) is 6.05. The zero-order valence-corrected chi connectivity index (χ0v) is 15.5. The van der Waals surface area contributed by atoms with Gasteiger partial charge in [-0.3, -0.25) is 4.79 Å². The van der Waals surface area contributed by atoms with Crippen LogP contribution in [0.5, 0.6) is 5.75 Å². The van der Waals surface area contributed by atoms with E-state index in [-0.39, 0.29) is 5.91 Å². The molecule has 5 nitrogen and oxygen atoms in total. The lowest BCUT2D eigenvalue weighted by Gasteiger charge is -2.09. The van der Waals surface area contributed by atoms with E-state index in [4.69, 9.17) is 4.74 Å². The Labute approximate surface area is 159 Å². The number of benzene rings is 2. The highest BCUT2D eigenvalue weighted by atomic mass is 16.5. The monoisotopic (exact) mass is 361 g/mol. The Morgan fingerprint density at radius 2 is 1.89 bits per heavy atom. The summed E-state index contributed by atoms with van der Waals surface area (Å²) < 4.78 is 5.40. The molecular weight excluding hydrogens is 338 g/mol. The number of amides is 1. The van der Waals surface area contributed by atoms with E-state index in [0.29, 0.717) is 24.4 Å². The van der Waals surface area contributed by atoms with Crippen LogP contribution < -0.4 is 15.4 Å². The first-order chi connectivity index (χ1) is 13.1. The minimum atomic E-state index is -0.197. The molecule has 5 heteroatoms. The number of hydrogen-bond acceptors (Lipinski definition) is 4. The van der Waals surface area contributed by atoms with Crippen molar-refractivity contribution in [2.45, 2.75) is 20.4 Å². The predicted octanol–water partition coefficient (Wildman–Crippen LogP) is 4.65. The zero-order chi connectivity index (χ0) is 19.1. The number of aryl methyl sites for hydroxylation is 1. The highest BCUT2D eigenvalue weighted by Gasteiger charge is 2.07. The summed E-state index contributed by atoms with van der Waals surface area (Å²) in [5, 5.41) is 6.12. The fourth-order valence-corrected chi connectivity index (χ4v) is 2.65. The van der Waals surface area contributed by atoms with Gasteiger partial charge in [-0.2, -0.15) is 0 Å². The molecule has 0 aliphatic carbocycles. The van der Waals surface area contributed by atoms with Crippen molar-refractivity contribution in [1.82, 2.24) is 4.98 Å². The van der Waals surface area contributed by atoms with Crippen LogP contribution in [0.15, 0.2) is 66.9 Å². The molecule has 2 aromatic carbocycles. The van der Waals surface area contributed by atoms with Gasteiger partial charge < -0.3 is 15.4 Å². The zero-order valence-electron chi connectivity index (χ0n) is 15.5. The molecule has 0 aliphatic rings. The van der Waals surface area contributed by atoms with Crippen molar-refractivity contribution in [3.8, 4) is 5.75 Å². The third kappa shape index (κ3) is 5.31. The average Bonchev–Trinajstić information content (AvgIpc) is 2.68. The molecule has 27 heavy (non-hydrogen) atoms. The van der Waals surface area contributed by atoms with Gasteiger partial charge >= 0.3 is 0 Å². The maximum atomic E-state index is 12.4. The lowest BCUT2D eigenvalue weighted by molar-refractivity contribution is 0.102. The number of nitrogens with one attached hydrogen (secondary N) is 2. The Morgan fingerprint density at radius 3 is 2.56 bits per heavy atom. The maximum Gasteiger partial charge on any atom is 0.257 e. The number of pyridine rings is 1. The van der Waals surface area contributed by atoms with Gasteiger partial charge in [0.1, 0.15) is 11.6 Å². The van der Waals surface area contributed by atoms with Crippen LogP contribution >= 0.6 is 0 Å². The third-order valence-corrected chi connectivity index (χ3v) is 4.00. The summed E-state index contributed by atoms with van der Waals surface area (Å²) in [4.78, 5) is 16.7. The van der Waals surface area contributed by atoms with E-state index in [0.717, 1.165) is 11.6 Å². The minimum absolute atomic E-state index is 0.197. The second kappa shape index (κ2) is 8.85. The van der Waals surface area contributed by atoms with E-state index in [1.807, 2.05) is 43.3 Å². The van der Waals surface area contributed by atoms with E-state index in [1.54, 1.807) is 12.3 Å². The van der Waals surface area contributed by atoms with Gasteiger partial charge in [-0.05, 0) is 55.8 Å². The first-order valence-corrected chi connectivity index (χ1v) is 8.94. The molecule has 138 valence electrons. The first kappa shape index (κ1) is 18.5. The van der Waals surface area contributed by atoms with Gasteiger partial charge in [0.25, 0.3) is 5.91 Å². The summed E-state index contributed by atoms with van der Waals surface area (Å²) in [7, 11) is 0. The Hall–Kier alpha value is -3.34. The molecule has 0 saturated carbocycles. The summed E-state index contributed by atoms with van der Waals surface area (Å²) in [5.74, 6) is 1.31. The number of hydrogen-bond donors (Lipinski definition) is 2. The van der Waals surface area contributed by atoms with Gasteiger partial charge in [0, 0.05) is 18.4 Å². The number of rotatable bonds is 7. The number of ether oxygens (including phenoxy) is 1. The smallest absolute Gasteiger partial charge is 0.257 e. The second-order valence-corrected chi connectivity index (χ2v) is 6.19. The van der Waals surface area contributed by atoms with Gasteiger partial charge in [-0.25, -0.2) is 4.98 Å². The first-order valence-electron chi connectivity index (χ1n) is 8.94. The fraction of sp³-hybridized carbons (Fsp3) is 0.182. The van der Waals surface area contributed by atoms with Gasteiger partial charge in [-0.15, -0.1) is 0 Å². The van der Waals surface area contributed by atoms with Gasteiger partial charge in [0.2, 0.25) is 0 Å². The van der Waals surface area contributed by atoms with Crippen molar-refractivity contribution in [3.05, 3.63) is 83.6 Å². The van der Waals surface area contributed by atoms with Gasteiger partial charge in [0.05, 0.1) is 12.2 Å². The molecular formula is C22H23N3O2. The van der Waals surface area contributed by atoms with E-state index < -0.39 is 0 Å². The summed E-state index contributed by atoms with van der Waals surface area (Å²) in [6.45, 7) is 5.30. The molecule has 0 bridgehead atoms. The molecule has 0 radical (unpaired) electrons. The van der Waals surface area contributed by atoms with E-state index in [1.165, 1.54) is 11.1 Å². The van der Waals surface area contributed by atoms with Crippen molar-refractivity contribution in [2.24, 2.45) is 0 Å². The highest BCUT2D eigenvalue weighted by molar-refractivity contribution is 6.04. The summed E-state index contributed by atoms with van der Waals surface area (Å²) in [6, 6.07) is 19.2. The van der Waals surface area contributed by atoms with Crippen LogP contribution in [0.4, 0.5) is 11.5 Å². The molecule has 0 spiro atoms. The van der Waals surface area contributed by atoms with E-state index >= 15 is 0 Å². The number of nitrogens with zero attached hydrogens (tertiary/aromatic N) is 1. The van der Waals surface area contributed by atoms with Crippen LogP contribution in [0.1, 0.15) is 28.4 Å². The van der Waals surface area contributed by atoms with Crippen molar-refractivity contribution in [3.63, 3.8) is 0 Å². The number of carbonyl (C=O) groups excluding carboxylic acids is 1.